The van der Waals surface area contributed by atoms with Crippen LogP contribution in [0.4, 0.5) is 13.2 Å². The Bertz CT molecular complexity index is 1360. The summed E-state index contributed by atoms with van der Waals surface area (Å²) < 4.78 is 64.3. The molecule has 1 aliphatic heterocycles. The first-order valence-corrected chi connectivity index (χ1v) is 13.5. The highest BCUT2D eigenvalue weighted by molar-refractivity contribution is 7.90. The molecule has 0 aliphatic carbocycles. The van der Waals surface area contributed by atoms with Gasteiger partial charge in [0.05, 0.1) is 32.0 Å². The number of allylic oxidation sites excluding steroid dienone is 1. The lowest BCUT2D eigenvalue weighted by atomic mass is 9.86. The van der Waals surface area contributed by atoms with Crippen LogP contribution in [0.3, 0.4) is 0 Å². The normalized spacial score (nSPS) is 15.8. The van der Waals surface area contributed by atoms with E-state index in [-0.39, 0.29) is 48.9 Å². The van der Waals surface area contributed by atoms with Crippen LogP contribution in [0.15, 0.2) is 64.8 Å². The Kier molecular flexibility index (Phi) is 7.30. The molecule has 3 aromatic rings. The molecule has 1 N–H and O–H groups in total. The fraction of sp³-hybridized carbons (Fsp3) is 0.333. The first-order valence-electron chi connectivity index (χ1n) is 10.9. The molecule has 1 fully saturated rings. The number of aromatic nitrogens is 1. The van der Waals surface area contributed by atoms with Gasteiger partial charge in [0.15, 0.2) is 15.7 Å². The summed E-state index contributed by atoms with van der Waals surface area (Å²) in [7, 11) is -3.65. The Balaban J connectivity index is 1.38. The summed E-state index contributed by atoms with van der Waals surface area (Å²) in [5, 5.41) is 10.5. The van der Waals surface area contributed by atoms with E-state index in [0.29, 0.717) is 16.6 Å². The minimum atomic E-state index is -3.65. The lowest BCUT2D eigenvalue weighted by Crippen LogP contribution is -2.46. The fourth-order valence-electron chi connectivity index (χ4n) is 4.15. The van der Waals surface area contributed by atoms with Crippen LogP contribution in [0.5, 0.6) is 0 Å². The van der Waals surface area contributed by atoms with E-state index in [1.807, 2.05) is 6.07 Å². The number of halogens is 3. The van der Waals surface area contributed by atoms with E-state index in [2.05, 4.69) is 4.98 Å². The molecule has 1 aromatic heterocycles. The highest BCUT2D eigenvalue weighted by Gasteiger charge is 2.34. The number of carbonyl (C=O) groups excluding carboxylic acids is 1. The monoisotopic (exact) mass is 524 g/mol. The Hall–Kier alpha value is -2.76. The number of benzene rings is 2. The highest BCUT2D eigenvalue weighted by Crippen LogP contribution is 2.31. The standard InChI is InChI=1S/C24H23F3N2O4S2/c25-18(22(26)27)8-9-24(31)10-12-29(13-11-24)23(30)17-6-4-16(5-7-17)14-35(32,33)20-3-1-2-19-21(20)28-15-34-19/h1-7,15,31H,8-14H2. The van der Waals surface area contributed by atoms with Crippen LogP contribution in [-0.2, 0) is 15.6 Å². The number of carbonyl (C=O) groups is 1. The zero-order valence-electron chi connectivity index (χ0n) is 18.6. The average Bonchev–Trinajstić information content (AvgIpc) is 3.32. The molecule has 4 rings (SSSR count). The lowest BCUT2D eigenvalue weighted by Gasteiger charge is -2.38. The van der Waals surface area contributed by atoms with Crippen molar-refractivity contribution in [3.05, 3.63) is 71.0 Å². The Labute approximate surface area is 204 Å². The smallest absolute Gasteiger partial charge is 0.301 e. The van der Waals surface area contributed by atoms with Gasteiger partial charge in [0.2, 0.25) is 0 Å². The number of hydrogen-bond acceptors (Lipinski definition) is 6. The third kappa shape index (κ3) is 5.74. The number of piperidine rings is 1. The minimum Gasteiger partial charge on any atom is -0.390 e. The number of para-hydroxylation sites is 1. The van der Waals surface area contributed by atoms with Gasteiger partial charge in [-0.05, 0) is 49.1 Å². The molecule has 2 heterocycles. The van der Waals surface area contributed by atoms with E-state index < -0.39 is 33.8 Å². The fourth-order valence-corrected chi connectivity index (χ4v) is 6.45. The zero-order chi connectivity index (χ0) is 25.2. The summed E-state index contributed by atoms with van der Waals surface area (Å²) in [6.07, 6.45) is -2.77. The molecular formula is C24H23F3N2O4S2. The molecule has 186 valence electrons. The second-order valence-corrected chi connectivity index (χ2v) is 11.4. The molecule has 0 atom stereocenters. The summed E-state index contributed by atoms with van der Waals surface area (Å²) in [5.41, 5.74) is 1.64. The molecule has 0 unspecified atom stereocenters. The van der Waals surface area contributed by atoms with Gasteiger partial charge in [-0.25, -0.2) is 17.8 Å². The van der Waals surface area contributed by atoms with Crippen LogP contribution in [0, 0.1) is 0 Å². The molecule has 0 radical (unpaired) electrons. The van der Waals surface area contributed by atoms with Crippen molar-refractivity contribution in [3.63, 3.8) is 0 Å². The van der Waals surface area contributed by atoms with Crippen molar-refractivity contribution in [3.8, 4) is 0 Å². The van der Waals surface area contributed by atoms with Crippen molar-refractivity contribution in [1.82, 2.24) is 9.88 Å². The quantitative estimate of drug-likeness (QED) is 0.465. The second kappa shape index (κ2) is 10.1. The molecule has 6 nitrogen and oxygen atoms in total. The Morgan fingerprint density at radius 1 is 1.09 bits per heavy atom. The third-order valence-corrected chi connectivity index (χ3v) is 8.72. The number of fused-ring (bicyclic) bond motifs is 1. The van der Waals surface area contributed by atoms with E-state index in [0.717, 1.165) is 4.70 Å². The van der Waals surface area contributed by atoms with Crippen molar-refractivity contribution in [2.24, 2.45) is 0 Å². The SMILES string of the molecule is O=C(c1ccc(CS(=O)(=O)c2cccc3scnc23)cc1)N1CCC(O)(CCC(F)=C(F)F)CC1. The van der Waals surface area contributed by atoms with Gasteiger partial charge in [0.25, 0.3) is 5.91 Å². The number of aliphatic hydroxyl groups is 1. The molecule has 1 saturated heterocycles. The van der Waals surface area contributed by atoms with Gasteiger partial charge in [-0.15, -0.1) is 11.3 Å². The maximum Gasteiger partial charge on any atom is 0.301 e. The predicted octanol–water partition coefficient (Wildman–Crippen LogP) is 5.10. The topological polar surface area (TPSA) is 87.6 Å². The second-order valence-electron chi connectivity index (χ2n) is 8.59. The van der Waals surface area contributed by atoms with E-state index in [9.17, 15) is 31.5 Å². The molecule has 0 spiro atoms. The maximum atomic E-state index is 13.1. The van der Waals surface area contributed by atoms with E-state index in [1.54, 1.807) is 35.8 Å². The van der Waals surface area contributed by atoms with Crippen molar-refractivity contribution >= 4 is 37.3 Å². The molecule has 1 aliphatic rings. The van der Waals surface area contributed by atoms with Crippen LogP contribution in [0.1, 0.15) is 41.6 Å². The van der Waals surface area contributed by atoms with Crippen LogP contribution >= 0.6 is 11.3 Å². The molecule has 11 heteroatoms. The molecule has 35 heavy (non-hydrogen) atoms. The predicted molar refractivity (Wildman–Crippen MR) is 127 cm³/mol. The number of rotatable bonds is 7. The number of nitrogens with zero attached hydrogens (tertiary/aromatic N) is 2. The summed E-state index contributed by atoms with van der Waals surface area (Å²) in [6.45, 7) is 0.402. The first kappa shape index (κ1) is 25.3. The van der Waals surface area contributed by atoms with Crippen molar-refractivity contribution in [2.45, 2.75) is 41.9 Å². The van der Waals surface area contributed by atoms with E-state index >= 15 is 0 Å². The molecule has 0 bridgehead atoms. The summed E-state index contributed by atoms with van der Waals surface area (Å²) in [5.74, 6) is -2.05. The van der Waals surface area contributed by atoms with Crippen LogP contribution in [0.2, 0.25) is 0 Å². The molecule has 0 saturated carbocycles. The Morgan fingerprint density at radius 2 is 1.77 bits per heavy atom. The largest absolute Gasteiger partial charge is 0.390 e. The van der Waals surface area contributed by atoms with Gasteiger partial charge in [0.1, 0.15) is 0 Å². The van der Waals surface area contributed by atoms with Gasteiger partial charge in [-0.1, -0.05) is 18.2 Å². The minimum absolute atomic E-state index is 0.143. The number of thiazole rings is 1. The maximum absolute atomic E-state index is 13.1. The molecular weight excluding hydrogens is 501 g/mol. The van der Waals surface area contributed by atoms with Crippen molar-refractivity contribution in [2.75, 3.05) is 13.1 Å². The number of amides is 1. The number of sulfone groups is 1. The van der Waals surface area contributed by atoms with Gasteiger partial charge < -0.3 is 10.0 Å². The van der Waals surface area contributed by atoms with Gasteiger partial charge in [-0.2, -0.15) is 8.78 Å². The molecule has 1 amide bonds. The third-order valence-electron chi connectivity index (χ3n) is 6.21. The summed E-state index contributed by atoms with van der Waals surface area (Å²) >= 11 is 1.37. The molecule has 2 aromatic carbocycles. The van der Waals surface area contributed by atoms with Crippen molar-refractivity contribution in [1.29, 1.82) is 0 Å². The summed E-state index contributed by atoms with van der Waals surface area (Å²) in [6, 6.07) is 11.3. The summed E-state index contributed by atoms with van der Waals surface area (Å²) in [4.78, 5) is 18.7. The zero-order valence-corrected chi connectivity index (χ0v) is 20.2. The first-order chi connectivity index (χ1) is 16.6. The van der Waals surface area contributed by atoms with Crippen LogP contribution in [0.25, 0.3) is 10.2 Å². The number of hydrogen-bond donors (Lipinski definition) is 1. The van der Waals surface area contributed by atoms with E-state index in [4.69, 9.17) is 0 Å². The van der Waals surface area contributed by atoms with Crippen molar-refractivity contribution < 1.29 is 31.5 Å². The van der Waals surface area contributed by atoms with Gasteiger partial charge in [0, 0.05) is 25.1 Å². The van der Waals surface area contributed by atoms with E-state index in [1.165, 1.54) is 22.3 Å². The lowest BCUT2D eigenvalue weighted by molar-refractivity contribution is -0.0236. The van der Waals surface area contributed by atoms with Crippen LogP contribution in [-0.4, -0.2) is 48.0 Å². The average molecular weight is 525 g/mol. The van der Waals surface area contributed by atoms with Crippen LogP contribution < -0.4 is 0 Å². The van der Waals surface area contributed by atoms with Gasteiger partial charge in [-0.3, -0.25) is 4.79 Å². The Morgan fingerprint density at radius 3 is 2.43 bits per heavy atom. The number of likely N-dealkylation sites (tertiary alicyclic amines) is 1. The van der Waals surface area contributed by atoms with Gasteiger partial charge >= 0.3 is 6.08 Å². The highest BCUT2D eigenvalue weighted by atomic mass is 32.2.